The molecule has 1 N–H and O–H groups in total. The highest BCUT2D eigenvalue weighted by molar-refractivity contribution is 7.89. The zero-order valence-corrected chi connectivity index (χ0v) is 28.9. The topological polar surface area (TPSA) is 128 Å². The molecular weight excluding hydrogens is 606 g/mol. The van der Waals surface area contributed by atoms with Crippen LogP contribution in [0, 0.1) is 6.92 Å². The second-order valence-electron chi connectivity index (χ2n) is 11.4. The van der Waals surface area contributed by atoms with Gasteiger partial charge in [0.1, 0.15) is 11.6 Å². The number of rotatable bonds is 17. The van der Waals surface area contributed by atoms with Crippen LogP contribution in [0.4, 0.5) is 0 Å². The first-order valence-corrected chi connectivity index (χ1v) is 17.5. The summed E-state index contributed by atoms with van der Waals surface area (Å²) < 4.78 is 47.1. The van der Waals surface area contributed by atoms with Gasteiger partial charge in [-0.1, -0.05) is 45.6 Å². The second-order valence-corrected chi connectivity index (χ2v) is 13.5. The number of H-pyrrole nitrogens is 1. The van der Waals surface area contributed by atoms with E-state index in [-0.39, 0.29) is 28.7 Å². The van der Waals surface area contributed by atoms with Gasteiger partial charge < -0.3 is 19.2 Å². The first kappa shape index (κ1) is 35.0. The maximum Gasteiger partial charge on any atom is 0.277 e. The van der Waals surface area contributed by atoms with Crippen LogP contribution >= 0.6 is 0 Å². The molecule has 0 aliphatic heterocycles. The number of methoxy groups -OCH3 is 2. The second kappa shape index (κ2) is 15.6. The van der Waals surface area contributed by atoms with Crippen LogP contribution in [0.3, 0.4) is 0 Å². The molecule has 0 spiro atoms. The smallest absolute Gasteiger partial charge is 0.277 e. The normalized spacial score (nSPS) is 12.5. The predicted octanol–water partition coefficient (Wildman–Crippen LogP) is 6.14. The van der Waals surface area contributed by atoms with Crippen molar-refractivity contribution in [2.75, 3.05) is 34.4 Å². The Kier molecular flexibility index (Phi) is 11.9. The molecule has 0 aliphatic rings. The molecular formula is C34H47N5O6S. The summed E-state index contributed by atoms with van der Waals surface area (Å²) in [7, 11) is 0.771. The Hall–Kier alpha value is -3.90. The van der Waals surface area contributed by atoms with E-state index in [0.29, 0.717) is 47.1 Å². The van der Waals surface area contributed by atoms with E-state index in [4.69, 9.17) is 24.3 Å². The summed E-state index contributed by atoms with van der Waals surface area (Å²) in [6.45, 7) is 8.55. The molecule has 0 fully saturated rings. The van der Waals surface area contributed by atoms with Crippen molar-refractivity contribution in [3.8, 4) is 28.6 Å². The van der Waals surface area contributed by atoms with Crippen LogP contribution in [-0.4, -0.2) is 66.7 Å². The number of fused-ring (bicyclic) bond motifs is 1. The Bertz CT molecular complexity index is 1800. The third-order valence-electron chi connectivity index (χ3n) is 8.34. The molecule has 12 heteroatoms. The standard InChI is InChI=1S/C34H47N5O6S/c1-8-11-12-13-14-25(9-2)33-35-23(4)31-34(40)36-32(37-39(31)33)27-22-26(16-18-28(27)45-10-3)46(41,42)38(5)20-19-24-15-17-29(43-6)30(21-24)44-7/h15-18,21-22,25H,8-14,19-20H2,1-7H3,(H,36,37,40). The lowest BCUT2D eigenvalue weighted by atomic mass is 9.97. The number of unbranched alkanes of at least 4 members (excludes halogenated alkanes) is 3. The van der Waals surface area contributed by atoms with E-state index in [2.05, 4.69) is 18.8 Å². The van der Waals surface area contributed by atoms with Crippen molar-refractivity contribution in [3.63, 3.8) is 0 Å². The molecule has 0 saturated carbocycles. The van der Waals surface area contributed by atoms with Crippen LogP contribution in [0.1, 0.15) is 82.3 Å². The van der Waals surface area contributed by atoms with Crippen LogP contribution < -0.4 is 19.8 Å². The molecule has 4 aromatic rings. The van der Waals surface area contributed by atoms with Crippen LogP contribution in [0.2, 0.25) is 0 Å². The van der Waals surface area contributed by atoms with Gasteiger partial charge in [-0.25, -0.2) is 22.2 Å². The average Bonchev–Trinajstić information content (AvgIpc) is 3.39. The molecule has 2 aromatic heterocycles. The van der Waals surface area contributed by atoms with E-state index in [1.165, 1.54) is 22.9 Å². The van der Waals surface area contributed by atoms with Crippen molar-refractivity contribution in [1.82, 2.24) is 23.9 Å². The number of ether oxygens (including phenoxy) is 3. The minimum Gasteiger partial charge on any atom is -0.493 e. The Labute approximate surface area is 272 Å². The van der Waals surface area contributed by atoms with Crippen molar-refractivity contribution in [1.29, 1.82) is 0 Å². The maximum atomic E-state index is 13.8. The first-order chi connectivity index (χ1) is 22.1. The Morgan fingerprint density at radius 2 is 1.72 bits per heavy atom. The number of likely N-dealkylation sites (N-methyl/N-ethyl adjacent to an activating group) is 1. The van der Waals surface area contributed by atoms with Gasteiger partial charge in [-0.2, -0.15) is 0 Å². The van der Waals surface area contributed by atoms with Crippen molar-refractivity contribution < 1.29 is 22.6 Å². The number of benzene rings is 2. The minimum absolute atomic E-state index is 0.0629. The highest BCUT2D eigenvalue weighted by Gasteiger charge is 2.25. The summed E-state index contributed by atoms with van der Waals surface area (Å²) in [5.74, 6) is 2.70. The highest BCUT2D eigenvalue weighted by Crippen LogP contribution is 2.33. The largest absolute Gasteiger partial charge is 0.493 e. The Balaban J connectivity index is 1.70. The lowest BCUT2D eigenvalue weighted by Gasteiger charge is -2.19. The molecule has 11 nitrogen and oxygen atoms in total. The molecule has 250 valence electrons. The number of nitrogens with one attached hydrogen (secondary N) is 1. The zero-order valence-electron chi connectivity index (χ0n) is 28.1. The fourth-order valence-corrected chi connectivity index (χ4v) is 6.87. The van der Waals surface area contributed by atoms with Gasteiger partial charge in [0.2, 0.25) is 10.0 Å². The molecule has 0 bridgehead atoms. The number of imidazole rings is 1. The van der Waals surface area contributed by atoms with E-state index in [1.807, 2.05) is 26.0 Å². The maximum absolute atomic E-state index is 13.8. The summed E-state index contributed by atoms with van der Waals surface area (Å²) in [5, 5.41) is 4.85. The highest BCUT2D eigenvalue weighted by atomic mass is 32.2. The molecule has 0 aliphatic carbocycles. The van der Waals surface area contributed by atoms with Gasteiger partial charge in [0.15, 0.2) is 22.8 Å². The lowest BCUT2D eigenvalue weighted by Crippen LogP contribution is -2.29. The number of aromatic amines is 1. The molecule has 0 radical (unpaired) electrons. The molecule has 0 saturated heterocycles. The summed E-state index contributed by atoms with van der Waals surface area (Å²) in [6, 6.07) is 10.2. The molecule has 46 heavy (non-hydrogen) atoms. The predicted molar refractivity (Wildman–Crippen MR) is 180 cm³/mol. The summed E-state index contributed by atoms with van der Waals surface area (Å²) in [4.78, 5) is 21.2. The molecule has 0 amide bonds. The van der Waals surface area contributed by atoms with Crippen molar-refractivity contribution >= 4 is 15.5 Å². The van der Waals surface area contributed by atoms with E-state index in [1.54, 1.807) is 37.9 Å². The van der Waals surface area contributed by atoms with Gasteiger partial charge >= 0.3 is 0 Å². The Morgan fingerprint density at radius 3 is 2.39 bits per heavy atom. The van der Waals surface area contributed by atoms with E-state index < -0.39 is 10.0 Å². The summed E-state index contributed by atoms with van der Waals surface area (Å²) >= 11 is 0. The number of aromatic nitrogens is 4. The van der Waals surface area contributed by atoms with Gasteiger partial charge in [-0.15, -0.1) is 5.10 Å². The molecule has 1 unspecified atom stereocenters. The molecule has 4 rings (SSSR count). The van der Waals surface area contributed by atoms with Gasteiger partial charge in [0.25, 0.3) is 5.56 Å². The van der Waals surface area contributed by atoms with Gasteiger partial charge in [-0.05, 0) is 69.0 Å². The zero-order chi connectivity index (χ0) is 33.4. The van der Waals surface area contributed by atoms with Crippen molar-refractivity contribution in [2.24, 2.45) is 0 Å². The SMILES string of the molecule is CCCCCCC(CC)c1nc(C)c2c(=O)[nH]c(-c3cc(S(=O)(=O)N(C)CCc4ccc(OC)c(OC)c4)ccc3OCC)nn12. The third kappa shape index (κ3) is 7.55. The molecule has 1 atom stereocenters. The lowest BCUT2D eigenvalue weighted by molar-refractivity contribution is 0.341. The Morgan fingerprint density at radius 1 is 0.978 bits per heavy atom. The fraction of sp³-hybridized carbons (Fsp3) is 0.500. The monoisotopic (exact) mass is 653 g/mol. The van der Waals surface area contributed by atoms with Gasteiger partial charge in [-0.3, -0.25) is 4.79 Å². The average molecular weight is 654 g/mol. The quantitative estimate of drug-likeness (QED) is 0.135. The summed E-state index contributed by atoms with van der Waals surface area (Å²) in [6.07, 6.45) is 6.85. The van der Waals surface area contributed by atoms with E-state index in [9.17, 15) is 13.2 Å². The number of hydrogen-bond donors (Lipinski definition) is 1. The van der Waals surface area contributed by atoms with Crippen LogP contribution in [0.25, 0.3) is 16.9 Å². The van der Waals surface area contributed by atoms with Crippen LogP contribution in [0.15, 0.2) is 46.1 Å². The van der Waals surface area contributed by atoms with E-state index in [0.717, 1.165) is 43.5 Å². The van der Waals surface area contributed by atoms with Gasteiger partial charge in [0, 0.05) is 19.5 Å². The molecule has 2 heterocycles. The number of sulfonamides is 1. The van der Waals surface area contributed by atoms with Gasteiger partial charge in [0.05, 0.1) is 37.0 Å². The van der Waals surface area contributed by atoms with Crippen LogP contribution in [-0.2, 0) is 16.4 Å². The van der Waals surface area contributed by atoms with Crippen molar-refractivity contribution in [3.05, 3.63) is 63.8 Å². The first-order valence-electron chi connectivity index (χ1n) is 16.0. The minimum atomic E-state index is -3.91. The number of hydrogen-bond acceptors (Lipinski definition) is 8. The number of nitrogens with zero attached hydrogens (tertiary/aromatic N) is 4. The fourth-order valence-electron chi connectivity index (χ4n) is 5.67. The number of aryl methyl sites for hydroxylation is 1. The van der Waals surface area contributed by atoms with E-state index >= 15 is 0 Å². The van der Waals surface area contributed by atoms with Crippen molar-refractivity contribution in [2.45, 2.75) is 83.5 Å². The third-order valence-corrected chi connectivity index (χ3v) is 10.2. The van der Waals surface area contributed by atoms with Crippen LogP contribution in [0.5, 0.6) is 17.2 Å². The molecule has 2 aromatic carbocycles. The summed E-state index contributed by atoms with van der Waals surface area (Å²) in [5.41, 5.74) is 1.94.